The van der Waals surface area contributed by atoms with Crippen LogP contribution in [0.5, 0.6) is 5.75 Å². The first-order valence-corrected chi connectivity index (χ1v) is 10.4. The zero-order chi connectivity index (χ0) is 20.4. The predicted molar refractivity (Wildman–Crippen MR) is 111 cm³/mol. The van der Waals surface area contributed by atoms with E-state index in [1.54, 1.807) is 19.1 Å². The summed E-state index contributed by atoms with van der Waals surface area (Å²) < 4.78 is 10.9. The van der Waals surface area contributed by atoms with Crippen LogP contribution >= 0.6 is 11.6 Å². The lowest BCUT2D eigenvalue weighted by atomic mass is 9.76. The second kappa shape index (κ2) is 8.46. The summed E-state index contributed by atoms with van der Waals surface area (Å²) in [6.45, 7) is 2.51. The lowest BCUT2D eigenvalue weighted by Gasteiger charge is -2.36. The average molecular weight is 414 g/mol. The zero-order valence-corrected chi connectivity index (χ0v) is 17.1. The fourth-order valence-corrected chi connectivity index (χ4v) is 4.32. The van der Waals surface area contributed by atoms with Crippen molar-refractivity contribution in [2.75, 3.05) is 13.2 Å². The smallest absolute Gasteiger partial charge is 0.313 e. The van der Waals surface area contributed by atoms with Crippen LogP contribution in [0.3, 0.4) is 0 Å². The van der Waals surface area contributed by atoms with Crippen molar-refractivity contribution in [2.45, 2.75) is 44.1 Å². The number of hydrogen-bond donors (Lipinski definition) is 1. The lowest BCUT2D eigenvalue weighted by Crippen LogP contribution is -2.43. The van der Waals surface area contributed by atoms with E-state index in [1.165, 1.54) is 5.56 Å². The van der Waals surface area contributed by atoms with Crippen molar-refractivity contribution in [3.05, 3.63) is 64.2 Å². The van der Waals surface area contributed by atoms with E-state index in [0.29, 0.717) is 47.5 Å². The van der Waals surface area contributed by atoms with Gasteiger partial charge in [-0.25, -0.2) is 0 Å². The maximum Gasteiger partial charge on any atom is 0.313 e. The molecule has 0 saturated heterocycles. The van der Waals surface area contributed by atoms with Crippen LogP contribution in [0.25, 0.3) is 0 Å². The fourth-order valence-electron chi connectivity index (χ4n) is 4.07. The highest BCUT2D eigenvalue weighted by atomic mass is 35.5. The van der Waals surface area contributed by atoms with Gasteiger partial charge in [0.25, 0.3) is 5.91 Å². The van der Waals surface area contributed by atoms with Crippen molar-refractivity contribution in [1.29, 1.82) is 0 Å². The van der Waals surface area contributed by atoms with Crippen LogP contribution in [0.1, 0.15) is 59.5 Å². The number of esters is 1. The van der Waals surface area contributed by atoms with Gasteiger partial charge in [-0.2, -0.15) is 0 Å². The molecule has 2 aliphatic rings. The Kier molecular flexibility index (Phi) is 5.76. The number of halogens is 1. The summed E-state index contributed by atoms with van der Waals surface area (Å²) in [5.74, 6) is 0.100. The minimum Gasteiger partial charge on any atom is -0.493 e. The first kappa shape index (κ1) is 19.8. The van der Waals surface area contributed by atoms with Crippen LogP contribution in [-0.4, -0.2) is 31.1 Å². The Morgan fingerprint density at radius 3 is 2.69 bits per heavy atom. The number of ether oxygens (including phenoxy) is 2. The van der Waals surface area contributed by atoms with Crippen LogP contribution in [0.2, 0.25) is 5.02 Å². The molecule has 1 aliphatic heterocycles. The van der Waals surface area contributed by atoms with Gasteiger partial charge >= 0.3 is 5.97 Å². The van der Waals surface area contributed by atoms with E-state index in [-0.39, 0.29) is 17.9 Å². The van der Waals surface area contributed by atoms with Crippen molar-refractivity contribution >= 4 is 23.5 Å². The topological polar surface area (TPSA) is 64.6 Å². The molecule has 2 aromatic carbocycles. The van der Waals surface area contributed by atoms with Gasteiger partial charge in [0, 0.05) is 11.6 Å². The molecule has 1 atom stereocenters. The maximum absolute atomic E-state index is 12.8. The molecule has 29 heavy (non-hydrogen) atoms. The molecule has 6 heteroatoms. The summed E-state index contributed by atoms with van der Waals surface area (Å²) in [7, 11) is 0. The normalized spacial score (nSPS) is 22.6. The quantitative estimate of drug-likeness (QED) is 0.736. The predicted octanol–water partition coefficient (Wildman–Crippen LogP) is 4.45. The number of fused-ring (bicyclic) bond motifs is 1. The first-order valence-electron chi connectivity index (χ1n) is 10.1. The highest BCUT2D eigenvalue weighted by Gasteiger charge is 2.33. The molecule has 1 heterocycles. The number of benzene rings is 2. The fraction of sp³-hybridized carbons (Fsp3) is 0.391. The Hall–Kier alpha value is -2.53. The molecule has 1 aliphatic carbocycles. The van der Waals surface area contributed by atoms with Crippen LogP contribution in [0.4, 0.5) is 0 Å². The molecule has 1 saturated carbocycles. The molecule has 5 nitrogen and oxygen atoms in total. The van der Waals surface area contributed by atoms with E-state index in [2.05, 4.69) is 17.4 Å². The lowest BCUT2D eigenvalue weighted by molar-refractivity contribution is -0.145. The van der Waals surface area contributed by atoms with Gasteiger partial charge < -0.3 is 14.8 Å². The third kappa shape index (κ3) is 4.10. The van der Waals surface area contributed by atoms with E-state index in [0.717, 1.165) is 12.8 Å². The summed E-state index contributed by atoms with van der Waals surface area (Å²) in [6.07, 6.45) is 2.37. The van der Waals surface area contributed by atoms with Crippen LogP contribution in [0.15, 0.2) is 42.5 Å². The highest BCUT2D eigenvalue weighted by Crippen LogP contribution is 2.39. The van der Waals surface area contributed by atoms with Crippen LogP contribution < -0.4 is 10.1 Å². The number of amides is 1. The Morgan fingerprint density at radius 1 is 1.21 bits per heavy atom. The van der Waals surface area contributed by atoms with E-state index in [4.69, 9.17) is 21.1 Å². The SMILES string of the molecule is CCOC(=O)C1CCOc2cc(C(=O)NC3CC(c4ccccc4)C3)c(Cl)cc21. The summed E-state index contributed by atoms with van der Waals surface area (Å²) >= 11 is 6.40. The van der Waals surface area contributed by atoms with Crippen molar-refractivity contribution in [3.63, 3.8) is 0 Å². The van der Waals surface area contributed by atoms with Gasteiger partial charge in [0.15, 0.2) is 0 Å². The minimum absolute atomic E-state index is 0.132. The Balaban J connectivity index is 1.44. The van der Waals surface area contributed by atoms with Gasteiger partial charge in [-0.1, -0.05) is 41.9 Å². The monoisotopic (exact) mass is 413 g/mol. The van der Waals surface area contributed by atoms with Gasteiger partial charge in [-0.3, -0.25) is 9.59 Å². The second-order valence-corrected chi connectivity index (χ2v) is 7.97. The van der Waals surface area contributed by atoms with Gasteiger partial charge in [0.1, 0.15) is 5.75 Å². The van der Waals surface area contributed by atoms with Gasteiger partial charge in [-0.15, -0.1) is 0 Å². The molecular weight excluding hydrogens is 390 g/mol. The Labute approximate surface area is 175 Å². The molecule has 2 aromatic rings. The Bertz CT molecular complexity index is 909. The van der Waals surface area contributed by atoms with E-state index in [1.807, 2.05) is 18.2 Å². The molecule has 0 bridgehead atoms. The molecule has 1 fully saturated rings. The third-order valence-corrected chi connectivity index (χ3v) is 6.01. The second-order valence-electron chi connectivity index (χ2n) is 7.56. The van der Waals surface area contributed by atoms with Gasteiger partial charge in [0.05, 0.1) is 29.7 Å². The molecule has 1 unspecified atom stereocenters. The molecule has 4 rings (SSSR count). The molecule has 152 valence electrons. The largest absolute Gasteiger partial charge is 0.493 e. The third-order valence-electron chi connectivity index (χ3n) is 5.70. The zero-order valence-electron chi connectivity index (χ0n) is 16.3. The maximum atomic E-state index is 12.8. The Morgan fingerprint density at radius 2 is 1.97 bits per heavy atom. The van der Waals surface area contributed by atoms with E-state index >= 15 is 0 Å². The molecular formula is C23H24ClNO4. The molecule has 0 radical (unpaired) electrons. The van der Waals surface area contributed by atoms with Crippen molar-refractivity contribution in [2.24, 2.45) is 0 Å². The summed E-state index contributed by atoms with van der Waals surface area (Å²) in [4.78, 5) is 25.0. The summed E-state index contributed by atoms with van der Waals surface area (Å²) in [5.41, 5.74) is 2.37. The summed E-state index contributed by atoms with van der Waals surface area (Å²) in [5, 5.41) is 3.38. The number of hydrogen-bond acceptors (Lipinski definition) is 4. The molecule has 0 spiro atoms. The van der Waals surface area contributed by atoms with Crippen molar-refractivity contribution < 1.29 is 19.1 Å². The van der Waals surface area contributed by atoms with Crippen LogP contribution in [-0.2, 0) is 9.53 Å². The molecule has 1 amide bonds. The number of nitrogens with one attached hydrogen (secondary N) is 1. The first-order chi connectivity index (χ1) is 14.1. The van der Waals surface area contributed by atoms with E-state index < -0.39 is 5.92 Å². The van der Waals surface area contributed by atoms with Gasteiger partial charge in [-0.05, 0) is 49.8 Å². The highest BCUT2D eigenvalue weighted by molar-refractivity contribution is 6.34. The van der Waals surface area contributed by atoms with E-state index in [9.17, 15) is 9.59 Å². The standard InChI is InChI=1S/C23H24ClNO4/c1-2-28-23(27)17-8-9-29-21-13-19(20(24)12-18(17)21)22(26)25-16-10-15(11-16)14-6-4-3-5-7-14/h3-7,12-13,15-17H,2,8-11H2,1H3,(H,25,26). The molecule has 1 N–H and O–H groups in total. The van der Waals surface area contributed by atoms with Gasteiger partial charge in [0.2, 0.25) is 0 Å². The van der Waals surface area contributed by atoms with Crippen molar-refractivity contribution in [1.82, 2.24) is 5.32 Å². The number of carbonyl (C=O) groups is 2. The van der Waals surface area contributed by atoms with Crippen molar-refractivity contribution in [3.8, 4) is 5.75 Å². The summed E-state index contributed by atoms with van der Waals surface area (Å²) in [6, 6.07) is 13.8. The van der Waals surface area contributed by atoms with Crippen LogP contribution in [0, 0.1) is 0 Å². The number of carbonyl (C=O) groups excluding carboxylic acids is 2. The minimum atomic E-state index is -0.411. The number of rotatable bonds is 5. The average Bonchev–Trinajstić information content (AvgIpc) is 2.70. The molecule has 0 aromatic heterocycles.